The first-order chi connectivity index (χ1) is 8.90. The average molecular weight is 263 g/mol. The SMILES string of the molecule is CC(N)C(=O)N(C)Cc1ccc2c(c1)oc(=O)n2C. The van der Waals surface area contributed by atoms with Gasteiger partial charge in [0.05, 0.1) is 11.6 Å². The Bertz CT molecular complexity index is 669. The Balaban J connectivity index is 2.27. The van der Waals surface area contributed by atoms with Crippen LogP contribution >= 0.6 is 0 Å². The fourth-order valence-corrected chi connectivity index (χ4v) is 1.98. The number of nitrogens with zero attached hydrogens (tertiary/aromatic N) is 2. The highest BCUT2D eigenvalue weighted by atomic mass is 16.4. The van der Waals surface area contributed by atoms with Crippen LogP contribution in [0.1, 0.15) is 12.5 Å². The number of oxazole rings is 1. The standard InChI is InChI=1S/C13H17N3O3/c1-8(14)12(17)15(2)7-9-4-5-10-11(6-9)19-13(18)16(10)3/h4-6,8H,7,14H2,1-3H3. The molecule has 1 atom stereocenters. The van der Waals surface area contributed by atoms with Crippen molar-refractivity contribution in [3.63, 3.8) is 0 Å². The summed E-state index contributed by atoms with van der Waals surface area (Å²) in [5.41, 5.74) is 7.69. The molecule has 2 rings (SSSR count). The van der Waals surface area contributed by atoms with Crippen LogP contribution in [0.4, 0.5) is 0 Å². The molecular formula is C13H17N3O3. The van der Waals surface area contributed by atoms with Crippen molar-refractivity contribution in [3.8, 4) is 0 Å². The maximum absolute atomic E-state index is 11.7. The molecule has 0 fully saturated rings. The molecule has 1 amide bonds. The first-order valence-electron chi connectivity index (χ1n) is 5.99. The van der Waals surface area contributed by atoms with Crippen LogP contribution in [0.2, 0.25) is 0 Å². The Morgan fingerprint density at radius 2 is 2.21 bits per heavy atom. The highest BCUT2D eigenvalue weighted by Gasteiger charge is 2.14. The third-order valence-electron chi connectivity index (χ3n) is 3.04. The smallest absolute Gasteiger partial charge is 0.408 e. The number of hydrogen-bond acceptors (Lipinski definition) is 4. The molecule has 1 aromatic heterocycles. The van der Waals surface area contributed by atoms with E-state index in [0.29, 0.717) is 12.1 Å². The van der Waals surface area contributed by atoms with E-state index in [0.717, 1.165) is 11.1 Å². The third kappa shape index (κ3) is 2.53. The lowest BCUT2D eigenvalue weighted by Crippen LogP contribution is -2.39. The number of benzene rings is 1. The molecule has 2 N–H and O–H groups in total. The molecule has 0 aliphatic heterocycles. The van der Waals surface area contributed by atoms with Gasteiger partial charge in [-0.2, -0.15) is 0 Å². The van der Waals surface area contributed by atoms with E-state index in [1.54, 1.807) is 38.1 Å². The van der Waals surface area contributed by atoms with E-state index in [2.05, 4.69) is 0 Å². The summed E-state index contributed by atoms with van der Waals surface area (Å²) >= 11 is 0. The zero-order valence-corrected chi connectivity index (χ0v) is 11.2. The van der Waals surface area contributed by atoms with Crippen molar-refractivity contribution >= 4 is 17.0 Å². The maximum atomic E-state index is 11.7. The number of carbonyl (C=O) groups is 1. The van der Waals surface area contributed by atoms with Crippen molar-refractivity contribution in [1.82, 2.24) is 9.47 Å². The molecule has 0 spiro atoms. The minimum atomic E-state index is -0.525. The summed E-state index contributed by atoms with van der Waals surface area (Å²) in [6.45, 7) is 2.08. The van der Waals surface area contributed by atoms with E-state index < -0.39 is 11.8 Å². The Morgan fingerprint density at radius 3 is 2.84 bits per heavy atom. The van der Waals surface area contributed by atoms with Gasteiger partial charge in [-0.15, -0.1) is 0 Å². The molecule has 0 saturated heterocycles. The van der Waals surface area contributed by atoms with Gasteiger partial charge in [0, 0.05) is 20.6 Å². The van der Waals surface area contributed by atoms with Gasteiger partial charge in [-0.1, -0.05) is 6.07 Å². The highest BCUT2D eigenvalue weighted by molar-refractivity contribution is 5.81. The van der Waals surface area contributed by atoms with Crippen molar-refractivity contribution < 1.29 is 9.21 Å². The Labute approximate surface area is 110 Å². The molecule has 0 aliphatic carbocycles. The van der Waals surface area contributed by atoms with E-state index in [1.165, 1.54) is 4.57 Å². The molecule has 19 heavy (non-hydrogen) atoms. The van der Waals surface area contributed by atoms with Crippen LogP contribution in [0.25, 0.3) is 11.1 Å². The number of aromatic nitrogens is 1. The van der Waals surface area contributed by atoms with E-state index in [1.807, 2.05) is 6.07 Å². The van der Waals surface area contributed by atoms with Gasteiger partial charge in [-0.3, -0.25) is 9.36 Å². The van der Waals surface area contributed by atoms with E-state index >= 15 is 0 Å². The molecule has 6 heteroatoms. The fraction of sp³-hybridized carbons (Fsp3) is 0.385. The second-order valence-electron chi connectivity index (χ2n) is 4.71. The molecule has 1 unspecified atom stereocenters. The second-order valence-corrected chi connectivity index (χ2v) is 4.71. The zero-order valence-electron chi connectivity index (χ0n) is 11.2. The quantitative estimate of drug-likeness (QED) is 0.871. The van der Waals surface area contributed by atoms with Crippen LogP contribution in [0, 0.1) is 0 Å². The van der Waals surface area contributed by atoms with Crippen LogP contribution in [0.3, 0.4) is 0 Å². The Morgan fingerprint density at radius 1 is 1.53 bits per heavy atom. The van der Waals surface area contributed by atoms with Gasteiger partial charge in [0.2, 0.25) is 5.91 Å². The van der Waals surface area contributed by atoms with Gasteiger partial charge in [-0.05, 0) is 24.6 Å². The van der Waals surface area contributed by atoms with Gasteiger partial charge in [0.25, 0.3) is 0 Å². The molecule has 1 heterocycles. The second kappa shape index (κ2) is 4.89. The van der Waals surface area contributed by atoms with Gasteiger partial charge in [0.1, 0.15) is 0 Å². The van der Waals surface area contributed by atoms with Crippen molar-refractivity contribution in [2.45, 2.75) is 19.5 Å². The molecule has 6 nitrogen and oxygen atoms in total. The summed E-state index contributed by atoms with van der Waals surface area (Å²) in [5.74, 6) is -0.526. The van der Waals surface area contributed by atoms with Gasteiger partial charge in [-0.25, -0.2) is 4.79 Å². The van der Waals surface area contributed by atoms with Crippen LogP contribution in [0.15, 0.2) is 27.4 Å². The van der Waals surface area contributed by atoms with Gasteiger partial charge < -0.3 is 15.1 Å². The third-order valence-corrected chi connectivity index (χ3v) is 3.04. The summed E-state index contributed by atoms with van der Waals surface area (Å²) < 4.78 is 6.55. The van der Waals surface area contributed by atoms with E-state index in [-0.39, 0.29) is 5.91 Å². The number of hydrogen-bond donors (Lipinski definition) is 1. The highest BCUT2D eigenvalue weighted by Crippen LogP contribution is 2.15. The molecule has 0 bridgehead atoms. The average Bonchev–Trinajstić information content (AvgIpc) is 2.63. The molecular weight excluding hydrogens is 246 g/mol. The van der Waals surface area contributed by atoms with E-state index in [4.69, 9.17) is 10.2 Å². The fourth-order valence-electron chi connectivity index (χ4n) is 1.98. The zero-order chi connectivity index (χ0) is 14.2. The topological polar surface area (TPSA) is 81.5 Å². The lowest BCUT2D eigenvalue weighted by molar-refractivity contribution is -0.131. The number of amides is 1. The minimum absolute atomic E-state index is 0.130. The number of nitrogens with two attached hydrogens (primary N) is 1. The molecule has 0 aliphatic rings. The largest absolute Gasteiger partial charge is 0.419 e. The summed E-state index contributed by atoms with van der Waals surface area (Å²) in [6.07, 6.45) is 0. The summed E-state index contributed by atoms with van der Waals surface area (Å²) in [5, 5.41) is 0. The van der Waals surface area contributed by atoms with Crippen LogP contribution in [-0.2, 0) is 18.4 Å². The lowest BCUT2D eigenvalue weighted by Gasteiger charge is -2.19. The number of rotatable bonds is 3. The predicted octanol–water partition coefficient (Wildman–Crippen LogP) is 0.437. The Hall–Kier alpha value is -2.08. The molecule has 102 valence electrons. The van der Waals surface area contributed by atoms with Crippen LogP contribution in [0.5, 0.6) is 0 Å². The summed E-state index contributed by atoms with van der Waals surface area (Å²) in [7, 11) is 3.34. The number of fused-ring (bicyclic) bond motifs is 1. The number of carbonyl (C=O) groups excluding carboxylic acids is 1. The van der Waals surface area contributed by atoms with Crippen LogP contribution < -0.4 is 11.5 Å². The first-order valence-corrected chi connectivity index (χ1v) is 5.99. The number of likely N-dealkylation sites (N-methyl/N-ethyl adjacent to an activating group) is 1. The molecule has 1 aromatic carbocycles. The summed E-state index contributed by atoms with van der Waals surface area (Å²) in [6, 6.07) is 4.91. The maximum Gasteiger partial charge on any atom is 0.419 e. The van der Waals surface area contributed by atoms with Gasteiger partial charge in [0.15, 0.2) is 5.58 Å². The summed E-state index contributed by atoms with van der Waals surface area (Å²) in [4.78, 5) is 24.6. The van der Waals surface area contributed by atoms with Crippen molar-refractivity contribution in [3.05, 3.63) is 34.3 Å². The van der Waals surface area contributed by atoms with Crippen molar-refractivity contribution in [2.75, 3.05) is 7.05 Å². The minimum Gasteiger partial charge on any atom is -0.408 e. The molecule has 0 saturated carbocycles. The van der Waals surface area contributed by atoms with Gasteiger partial charge >= 0.3 is 5.76 Å². The number of aryl methyl sites for hydroxylation is 1. The normalized spacial score (nSPS) is 12.6. The molecule has 0 radical (unpaired) electrons. The Kier molecular flexibility index (Phi) is 3.44. The van der Waals surface area contributed by atoms with Crippen molar-refractivity contribution in [2.24, 2.45) is 12.8 Å². The van der Waals surface area contributed by atoms with Crippen molar-refractivity contribution in [1.29, 1.82) is 0 Å². The lowest BCUT2D eigenvalue weighted by atomic mass is 10.2. The predicted molar refractivity (Wildman–Crippen MR) is 71.6 cm³/mol. The van der Waals surface area contributed by atoms with E-state index in [9.17, 15) is 9.59 Å². The monoisotopic (exact) mass is 263 g/mol. The van der Waals surface area contributed by atoms with Crippen LogP contribution in [-0.4, -0.2) is 28.5 Å². The first kappa shape index (κ1) is 13.4. The molecule has 2 aromatic rings.